The van der Waals surface area contributed by atoms with E-state index in [2.05, 4.69) is 24.1 Å². The minimum Gasteiger partial charge on any atom is -0.385 e. The van der Waals surface area contributed by atoms with Crippen molar-refractivity contribution in [3.05, 3.63) is 0 Å². The quantitative estimate of drug-likeness (QED) is 0.512. The van der Waals surface area contributed by atoms with Crippen LogP contribution in [0.15, 0.2) is 0 Å². The molecular weight excluding hydrogens is 228 g/mol. The highest BCUT2D eigenvalue weighted by atomic mass is 16.5. The van der Waals surface area contributed by atoms with Gasteiger partial charge in [0.25, 0.3) is 0 Å². The van der Waals surface area contributed by atoms with Crippen LogP contribution in [0.1, 0.15) is 33.1 Å². The van der Waals surface area contributed by atoms with E-state index in [1.54, 1.807) is 14.2 Å². The van der Waals surface area contributed by atoms with Crippen LogP contribution in [0.3, 0.4) is 0 Å². The molecule has 0 aliphatic heterocycles. The lowest BCUT2D eigenvalue weighted by molar-refractivity contribution is 0.125. The number of hydrogen-bond donors (Lipinski definition) is 1. The summed E-state index contributed by atoms with van der Waals surface area (Å²) < 4.78 is 10.3. The molecule has 1 unspecified atom stereocenters. The number of nitrogens with zero attached hydrogens (tertiary/aromatic N) is 1. The van der Waals surface area contributed by atoms with Crippen LogP contribution in [-0.4, -0.2) is 64.6 Å². The normalized spacial score (nSPS) is 13.2. The van der Waals surface area contributed by atoms with Crippen molar-refractivity contribution in [2.45, 2.75) is 39.2 Å². The molecule has 0 radical (unpaired) electrons. The first-order valence-corrected chi connectivity index (χ1v) is 7.22. The van der Waals surface area contributed by atoms with Gasteiger partial charge in [-0.3, -0.25) is 4.90 Å². The Bertz CT molecular complexity index is 168. The van der Waals surface area contributed by atoms with Gasteiger partial charge in [-0.25, -0.2) is 0 Å². The number of rotatable bonds is 13. The average molecular weight is 260 g/mol. The van der Waals surface area contributed by atoms with Crippen molar-refractivity contribution in [3.63, 3.8) is 0 Å². The summed E-state index contributed by atoms with van der Waals surface area (Å²) >= 11 is 0. The summed E-state index contributed by atoms with van der Waals surface area (Å²) in [6.07, 6.45) is 3.45. The Labute approximate surface area is 113 Å². The minimum atomic E-state index is 0.587. The van der Waals surface area contributed by atoms with E-state index >= 15 is 0 Å². The van der Waals surface area contributed by atoms with Crippen LogP contribution in [-0.2, 0) is 9.47 Å². The van der Waals surface area contributed by atoms with Crippen LogP contribution in [0.5, 0.6) is 0 Å². The number of ether oxygens (including phenoxy) is 2. The Balaban J connectivity index is 3.99. The van der Waals surface area contributed by atoms with Gasteiger partial charge in [0.1, 0.15) is 0 Å². The highest BCUT2D eigenvalue weighted by Gasteiger charge is 2.11. The maximum Gasteiger partial charge on any atom is 0.0589 e. The summed E-state index contributed by atoms with van der Waals surface area (Å²) in [7, 11) is 3.52. The van der Waals surface area contributed by atoms with Crippen molar-refractivity contribution in [2.24, 2.45) is 0 Å². The van der Waals surface area contributed by atoms with E-state index in [4.69, 9.17) is 9.47 Å². The number of methoxy groups -OCH3 is 2. The third-order valence-corrected chi connectivity index (χ3v) is 3.09. The molecule has 4 heteroatoms. The zero-order valence-electron chi connectivity index (χ0n) is 12.7. The topological polar surface area (TPSA) is 33.7 Å². The summed E-state index contributed by atoms with van der Waals surface area (Å²) in [4.78, 5) is 2.47. The zero-order valence-corrected chi connectivity index (χ0v) is 12.7. The molecule has 0 saturated carbocycles. The Morgan fingerprint density at radius 1 is 1.06 bits per heavy atom. The van der Waals surface area contributed by atoms with Crippen molar-refractivity contribution >= 4 is 0 Å². The molecule has 110 valence electrons. The summed E-state index contributed by atoms with van der Waals surface area (Å²) in [5, 5.41) is 3.60. The monoisotopic (exact) mass is 260 g/mol. The van der Waals surface area contributed by atoms with Crippen LogP contribution in [0.4, 0.5) is 0 Å². The lowest BCUT2D eigenvalue weighted by Crippen LogP contribution is -2.42. The van der Waals surface area contributed by atoms with E-state index in [-0.39, 0.29) is 0 Å². The Hall–Kier alpha value is -0.160. The van der Waals surface area contributed by atoms with Crippen molar-refractivity contribution < 1.29 is 9.47 Å². The fourth-order valence-electron chi connectivity index (χ4n) is 1.95. The smallest absolute Gasteiger partial charge is 0.0589 e. The lowest BCUT2D eigenvalue weighted by atomic mass is 10.2. The second-order valence-corrected chi connectivity index (χ2v) is 4.70. The first kappa shape index (κ1) is 17.8. The molecule has 4 nitrogen and oxygen atoms in total. The summed E-state index contributed by atoms with van der Waals surface area (Å²) in [6.45, 7) is 10.4. The molecule has 0 bridgehead atoms. The van der Waals surface area contributed by atoms with E-state index in [0.717, 1.165) is 45.8 Å². The molecule has 0 rings (SSSR count). The van der Waals surface area contributed by atoms with Gasteiger partial charge >= 0.3 is 0 Å². The molecule has 0 aromatic rings. The van der Waals surface area contributed by atoms with Gasteiger partial charge in [-0.1, -0.05) is 13.8 Å². The van der Waals surface area contributed by atoms with E-state index in [0.29, 0.717) is 6.04 Å². The third-order valence-electron chi connectivity index (χ3n) is 3.09. The van der Waals surface area contributed by atoms with Crippen LogP contribution < -0.4 is 5.32 Å². The van der Waals surface area contributed by atoms with Crippen molar-refractivity contribution in [3.8, 4) is 0 Å². The fraction of sp³-hybridized carbons (Fsp3) is 1.00. The van der Waals surface area contributed by atoms with Crippen molar-refractivity contribution in [1.82, 2.24) is 10.2 Å². The summed E-state index contributed by atoms with van der Waals surface area (Å²) in [6, 6.07) is 0.587. The Kier molecular flexibility index (Phi) is 13.2. The van der Waals surface area contributed by atoms with Crippen LogP contribution in [0.2, 0.25) is 0 Å². The number of nitrogens with one attached hydrogen (secondary N) is 1. The molecule has 0 saturated heterocycles. The zero-order chi connectivity index (χ0) is 13.6. The second kappa shape index (κ2) is 13.3. The van der Waals surface area contributed by atoms with Crippen molar-refractivity contribution in [1.29, 1.82) is 0 Å². The van der Waals surface area contributed by atoms with E-state index in [9.17, 15) is 0 Å². The van der Waals surface area contributed by atoms with Gasteiger partial charge in [0.15, 0.2) is 0 Å². The van der Waals surface area contributed by atoms with E-state index < -0.39 is 0 Å². The van der Waals surface area contributed by atoms with Crippen LogP contribution in [0, 0.1) is 0 Å². The Morgan fingerprint density at radius 2 is 1.78 bits per heavy atom. The highest BCUT2D eigenvalue weighted by molar-refractivity contribution is 4.71. The van der Waals surface area contributed by atoms with Gasteiger partial charge in [0.2, 0.25) is 0 Å². The van der Waals surface area contributed by atoms with Gasteiger partial charge < -0.3 is 14.8 Å². The molecular formula is C14H32N2O2. The van der Waals surface area contributed by atoms with E-state index in [1.165, 1.54) is 12.8 Å². The van der Waals surface area contributed by atoms with Crippen LogP contribution >= 0.6 is 0 Å². The molecule has 0 heterocycles. The highest BCUT2D eigenvalue weighted by Crippen LogP contribution is 1.99. The Morgan fingerprint density at radius 3 is 2.33 bits per heavy atom. The molecule has 0 amide bonds. The fourth-order valence-corrected chi connectivity index (χ4v) is 1.95. The first-order valence-electron chi connectivity index (χ1n) is 7.22. The molecule has 0 aromatic carbocycles. The predicted octanol–water partition coefficient (Wildman–Crippen LogP) is 1.75. The van der Waals surface area contributed by atoms with Gasteiger partial charge in [0.05, 0.1) is 6.61 Å². The molecule has 0 fully saturated rings. The second-order valence-electron chi connectivity index (χ2n) is 4.70. The summed E-state index contributed by atoms with van der Waals surface area (Å²) in [5.41, 5.74) is 0. The molecule has 0 spiro atoms. The average Bonchev–Trinajstić information content (AvgIpc) is 2.40. The molecule has 1 atom stereocenters. The van der Waals surface area contributed by atoms with E-state index in [1.807, 2.05) is 0 Å². The number of hydrogen-bond acceptors (Lipinski definition) is 4. The van der Waals surface area contributed by atoms with Crippen LogP contribution in [0.25, 0.3) is 0 Å². The molecule has 0 aliphatic rings. The SMILES string of the molecule is CCCNC(CC)CN(CCCOC)CCOC. The van der Waals surface area contributed by atoms with Gasteiger partial charge in [-0.15, -0.1) is 0 Å². The molecule has 18 heavy (non-hydrogen) atoms. The maximum atomic E-state index is 5.18. The predicted molar refractivity (Wildman–Crippen MR) is 77.2 cm³/mol. The van der Waals surface area contributed by atoms with Gasteiger partial charge in [0, 0.05) is 46.5 Å². The molecule has 1 N–H and O–H groups in total. The lowest BCUT2D eigenvalue weighted by Gasteiger charge is -2.27. The minimum absolute atomic E-state index is 0.587. The van der Waals surface area contributed by atoms with Gasteiger partial charge in [-0.2, -0.15) is 0 Å². The maximum absolute atomic E-state index is 5.18. The first-order chi connectivity index (χ1) is 8.78. The standard InChI is InChI=1S/C14H32N2O2/c1-5-8-15-14(6-2)13-16(10-12-18-4)9-7-11-17-3/h14-15H,5-13H2,1-4H3. The van der Waals surface area contributed by atoms with Crippen molar-refractivity contribution in [2.75, 3.05) is 53.6 Å². The van der Waals surface area contributed by atoms with Gasteiger partial charge in [-0.05, 0) is 25.8 Å². The third kappa shape index (κ3) is 9.83. The summed E-state index contributed by atoms with van der Waals surface area (Å²) in [5.74, 6) is 0. The molecule has 0 aromatic heterocycles. The molecule has 0 aliphatic carbocycles. The largest absolute Gasteiger partial charge is 0.385 e.